The Hall–Kier alpha value is -2.74. The Balaban J connectivity index is 1.59. The van der Waals surface area contributed by atoms with E-state index in [1.807, 2.05) is 13.0 Å². The van der Waals surface area contributed by atoms with Crippen LogP contribution in [0.15, 0.2) is 29.8 Å². The molecule has 0 unspecified atom stereocenters. The average molecular weight is 374 g/mol. The van der Waals surface area contributed by atoms with Gasteiger partial charge in [0, 0.05) is 35.9 Å². The summed E-state index contributed by atoms with van der Waals surface area (Å²) in [7, 11) is 0. The number of hydrogen-bond acceptors (Lipinski definition) is 4. The number of H-pyrrole nitrogens is 1. The van der Waals surface area contributed by atoms with Crippen LogP contribution in [0.3, 0.4) is 0 Å². The van der Waals surface area contributed by atoms with E-state index >= 15 is 0 Å². The van der Waals surface area contributed by atoms with Crippen molar-refractivity contribution in [2.24, 2.45) is 0 Å². The number of carbonyl (C=O) groups is 2. The van der Waals surface area contributed by atoms with Crippen molar-refractivity contribution in [2.75, 3.05) is 6.54 Å². The Labute approximate surface area is 153 Å². The lowest BCUT2D eigenvalue weighted by Crippen LogP contribution is -2.26. The van der Waals surface area contributed by atoms with Crippen LogP contribution in [0.4, 0.5) is 4.39 Å². The first-order valence-electron chi connectivity index (χ1n) is 8.21. The second-order valence-electron chi connectivity index (χ2n) is 5.98. The number of carbonyl (C=O) groups excluding carboxylic acids is 2. The minimum Gasteiger partial charge on any atom is -0.361 e. The molecule has 0 bridgehead atoms. The molecule has 2 heterocycles. The van der Waals surface area contributed by atoms with Crippen molar-refractivity contribution in [1.82, 2.24) is 20.6 Å². The number of rotatable bonds is 6. The highest BCUT2D eigenvalue weighted by atomic mass is 32.1. The molecular formula is C18H19FN4O2S. The molecule has 1 aromatic carbocycles. The van der Waals surface area contributed by atoms with E-state index < -0.39 is 0 Å². The number of benzene rings is 1. The van der Waals surface area contributed by atoms with Gasteiger partial charge in [0.05, 0.1) is 6.04 Å². The zero-order chi connectivity index (χ0) is 18.7. The van der Waals surface area contributed by atoms with Crippen LogP contribution in [0.2, 0.25) is 0 Å². The molecule has 0 fully saturated rings. The van der Waals surface area contributed by atoms with Crippen molar-refractivity contribution >= 4 is 34.1 Å². The summed E-state index contributed by atoms with van der Waals surface area (Å²) in [6.45, 7) is 3.62. The number of halogens is 1. The van der Waals surface area contributed by atoms with Crippen LogP contribution in [0.1, 0.15) is 40.9 Å². The summed E-state index contributed by atoms with van der Waals surface area (Å²) in [6.07, 6.45) is 2.27. The molecule has 0 aliphatic heterocycles. The van der Waals surface area contributed by atoms with Gasteiger partial charge in [-0.3, -0.25) is 9.59 Å². The van der Waals surface area contributed by atoms with Gasteiger partial charge >= 0.3 is 0 Å². The molecule has 136 valence electrons. The number of hydrogen-bond donors (Lipinski definition) is 3. The summed E-state index contributed by atoms with van der Waals surface area (Å²) in [6, 6.07) is 4.65. The smallest absolute Gasteiger partial charge is 0.270 e. The predicted octanol–water partition coefficient (Wildman–Crippen LogP) is 2.93. The second-order valence-corrected chi connectivity index (χ2v) is 6.87. The van der Waals surface area contributed by atoms with Crippen LogP contribution in [0.5, 0.6) is 0 Å². The Morgan fingerprint density at radius 2 is 2.19 bits per heavy atom. The third-order valence-electron chi connectivity index (χ3n) is 3.96. The van der Waals surface area contributed by atoms with Crippen LogP contribution in [-0.4, -0.2) is 28.3 Å². The van der Waals surface area contributed by atoms with Gasteiger partial charge in [0.2, 0.25) is 5.91 Å². The standard InChI is InChI=1S/C18H19FN4O2S/c1-10(22-11(2)24)18-23-15(9-26-18)17(25)20-7-6-12-8-21-14-5-3-4-13(19)16(12)14/h3-5,8-10,21H,6-7H2,1-2H3,(H,20,25)(H,22,24)/t10-/m1/s1. The molecule has 0 aliphatic rings. The van der Waals surface area contributed by atoms with E-state index in [-0.39, 0.29) is 23.7 Å². The zero-order valence-electron chi connectivity index (χ0n) is 14.4. The summed E-state index contributed by atoms with van der Waals surface area (Å²) in [4.78, 5) is 30.6. The Morgan fingerprint density at radius 1 is 1.38 bits per heavy atom. The van der Waals surface area contributed by atoms with Gasteiger partial charge in [-0.25, -0.2) is 9.37 Å². The molecule has 0 aliphatic carbocycles. The summed E-state index contributed by atoms with van der Waals surface area (Å²) >= 11 is 1.32. The zero-order valence-corrected chi connectivity index (χ0v) is 15.2. The first-order chi connectivity index (χ1) is 12.5. The molecule has 3 aromatic rings. The van der Waals surface area contributed by atoms with Crippen molar-refractivity contribution < 1.29 is 14.0 Å². The highest BCUT2D eigenvalue weighted by Gasteiger charge is 2.15. The normalized spacial score (nSPS) is 12.1. The van der Waals surface area contributed by atoms with E-state index in [2.05, 4.69) is 20.6 Å². The molecule has 0 spiro atoms. The molecule has 8 heteroatoms. The number of nitrogens with zero attached hydrogens (tertiary/aromatic N) is 1. The van der Waals surface area contributed by atoms with Crippen LogP contribution in [-0.2, 0) is 11.2 Å². The maximum Gasteiger partial charge on any atom is 0.270 e. The van der Waals surface area contributed by atoms with Gasteiger partial charge < -0.3 is 15.6 Å². The second kappa shape index (κ2) is 7.65. The molecule has 0 saturated carbocycles. The van der Waals surface area contributed by atoms with Crippen molar-refractivity contribution in [1.29, 1.82) is 0 Å². The number of fused-ring (bicyclic) bond motifs is 1. The lowest BCUT2D eigenvalue weighted by atomic mass is 10.1. The summed E-state index contributed by atoms with van der Waals surface area (Å²) in [5, 5.41) is 8.42. The quantitative estimate of drug-likeness (QED) is 0.620. The lowest BCUT2D eigenvalue weighted by molar-refractivity contribution is -0.119. The Kier molecular flexibility index (Phi) is 5.32. The maximum absolute atomic E-state index is 14.0. The van der Waals surface area contributed by atoms with E-state index in [1.54, 1.807) is 17.6 Å². The number of amides is 2. The molecule has 3 N–H and O–H groups in total. The summed E-state index contributed by atoms with van der Waals surface area (Å²) < 4.78 is 14.0. The number of thiazole rings is 1. The fourth-order valence-corrected chi connectivity index (χ4v) is 3.57. The van der Waals surface area contributed by atoms with Crippen molar-refractivity contribution in [3.63, 3.8) is 0 Å². The molecule has 1 atom stereocenters. The number of nitrogens with one attached hydrogen (secondary N) is 3. The largest absolute Gasteiger partial charge is 0.361 e. The lowest BCUT2D eigenvalue weighted by Gasteiger charge is -2.08. The fourth-order valence-electron chi connectivity index (χ4n) is 2.76. The fraction of sp³-hybridized carbons (Fsp3) is 0.278. The first-order valence-corrected chi connectivity index (χ1v) is 9.09. The predicted molar refractivity (Wildman–Crippen MR) is 98.6 cm³/mol. The van der Waals surface area contributed by atoms with Gasteiger partial charge in [-0.1, -0.05) is 6.07 Å². The van der Waals surface area contributed by atoms with Gasteiger partial charge in [-0.15, -0.1) is 11.3 Å². The van der Waals surface area contributed by atoms with E-state index in [0.717, 1.165) is 11.1 Å². The molecular weight excluding hydrogens is 355 g/mol. The van der Waals surface area contributed by atoms with Crippen LogP contribution < -0.4 is 10.6 Å². The first kappa shape index (κ1) is 18.1. The molecule has 0 radical (unpaired) electrons. The molecule has 26 heavy (non-hydrogen) atoms. The van der Waals surface area contributed by atoms with E-state index in [1.165, 1.54) is 24.3 Å². The van der Waals surface area contributed by atoms with Crippen LogP contribution in [0, 0.1) is 5.82 Å². The molecule has 0 saturated heterocycles. The van der Waals surface area contributed by atoms with Crippen molar-refractivity contribution in [2.45, 2.75) is 26.3 Å². The van der Waals surface area contributed by atoms with Crippen molar-refractivity contribution in [3.8, 4) is 0 Å². The summed E-state index contributed by atoms with van der Waals surface area (Å²) in [5.41, 5.74) is 1.87. The number of aromatic amines is 1. The highest BCUT2D eigenvalue weighted by molar-refractivity contribution is 7.09. The molecule has 3 rings (SSSR count). The molecule has 2 amide bonds. The van der Waals surface area contributed by atoms with E-state index in [4.69, 9.17) is 0 Å². The SMILES string of the molecule is CC(=O)N[C@H](C)c1nc(C(=O)NCCc2c[nH]c3cccc(F)c23)cs1. The number of aromatic nitrogens is 2. The maximum atomic E-state index is 14.0. The van der Waals surface area contributed by atoms with E-state index in [0.29, 0.717) is 29.1 Å². The van der Waals surface area contributed by atoms with Gasteiger partial charge in [0.15, 0.2) is 0 Å². The van der Waals surface area contributed by atoms with Gasteiger partial charge in [0.1, 0.15) is 16.5 Å². The molecule has 6 nitrogen and oxygen atoms in total. The van der Waals surface area contributed by atoms with Crippen LogP contribution >= 0.6 is 11.3 Å². The minimum atomic E-state index is -0.289. The van der Waals surface area contributed by atoms with Gasteiger partial charge in [0.25, 0.3) is 5.91 Å². The van der Waals surface area contributed by atoms with Crippen molar-refractivity contribution in [3.05, 3.63) is 51.9 Å². The van der Waals surface area contributed by atoms with Gasteiger partial charge in [-0.2, -0.15) is 0 Å². The van der Waals surface area contributed by atoms with Crippen LogP contribution in [0.25, 0.3) is 10.9 Å². The highest BCUT2D eigenvalue weighted by Crippen LogP contribution is 2.22. The Morgan fingerprint density at radius 3 is 2.96 bits per heavy atom. The topological polar surface area (TPSA) is 86.9 Å². The van der Waals surface area contributed by atoms with Gasteiger partial charge in [-0.05, 0) is 31.0 Å². The minimum absolute atomic E-state index is 0.148. The third-order valence-corrected chi connectivity index (χ3v) is 4.99. The van der Waals surface area contributed by atoms with E-state index in [9.17, 15) is 14.0 Å². The average Bonchev–Trinajstić information content (AvgIpc) is 3.22. The third kappa shape index (κ3) is 3.91. The Bertz CT molecular complexity index is 950. The molecule has 2 aromatic heterocycles. The summed E-state index contributed by atoms with van der Waals surface area (Å²) in [5.74, 6) is -0.714. The monoisotopic (exact) mass is 374 g/mol.